The van der Waals surface area contributed by atoms with Crippen LogP contribution in [0.3, 0.4) is 0 Å². The molecular formula is C19H25Cl3N4O3. The summed E-state index contributed by atoms with van der Waals surface area (Å²) < 4.78 is 5.19. The van der Waals surface area contributed by atoms with Crippen molar-refractivity contribution in [1.82, 2.24) is 4.90 Å². The SMILES string of the molecule is COc1cc(N)c(Cl)cc1C(=O)Nc1ccc(NC(=O)CCN(C)C)cc1.Cl.Cl. The molecule has 0 saturated heterocycles. The molecule has 0 aliphatic rings. The van der Waals surface area contributed by atoms with Gasteiger partial charge in [0.2, 0.25) is 5.91 Å². The van der Waals surface area contributed by atoms with Gasteiger partial charge < -0.3 is 26.0 Å². The Labute approximate surface area is 187 Å². The van der Waals surface area contributed by atoms with E-state index in [-0.39, 0.29) is 47.2 Å². The number of nitrogens with two attached hydrogens (primary N) is 1. The summed E-state index contributed by atoms with van der Waals surface area (Å²) >= 11 is 6.00. The summed E-state index contributed by atoms with van der Waals surface area (Å²) in [6.07, 6.45) is 0.406. The first-order valence-corrected chi connectivity index (χ1v) is 8.67. The van der Waals surface area contributed by atoms with E-state index >= 15 is 0 Å². The topological polar surface area (TPSA) is 96.7 Å². The third-order valence-electron chi connectivity index (χ3n) is 3.78. The molecule has 0 radical (unpaired) electrons. The van der Waals surface area contributed by atoms with Gasteiger partial charge in [-0.1, -0.05) is 11.6 Å². The molecule has 160 valence electrons. The standard InChI is InChI=1S/C19H23ClN4O3.2ClH/c1-24(2)9-8-18(25)22-12-4-6-13(7-5-12)23-19(26)14-10-15(20)16(21)11-17(14)27-3;;/h4-7,10-11H,8-9,21H2,1-3H3,(H,22,25)(H,23,26);2*1H. The van der Waals surface area contributed by atoms with E-state index in [2.05, 4.69) is 10.6 Å². The third-order valence-corrected chi connectivity index (χ3v) is 4.10. The number of hydrogen-bond acceptors (Lipinski definition) is 5. The lowest BCUT2D eigenvalue weighted by atomic mass is 10.1. The minimum absolute atomic E-state index is 0. The van der Waals surface area contributed by atoms with Crippen LogP contribution in [0.2, 0.25) is 5.02 Å². The molecule has 2 rings (SSSR count). The highest BCUT2D eigenvalue weighted by molar-refractivity contribution is 6.33. The number of carbonyl (C=O) groups is 2. The highest BCUT2D eigenvalue weighted by Crippen LogP contribution is 2.29. The van der Waals surface area contributed by atoms with Crippen molar-refractivity contribution in [2.45, 2.75) is 6.42 Å². The van der Waals surface area contributed by atoms with Crippen LogP contribution in [0.5, 0.6) is 5.75 Å². The number of anilines is 3. The maximum Gasteiger partial charge on any atom is 0.259 e. The monoisotopic (exact) mass is 462 g/mol. The molecule has 0 aliphatic carbocycles. The van der Waals surface area contributed by atoms with Crippen molar-refractivity contribution in [2.75, 3.05) is 44.1 Å². The summed E-state index contributed by atoms with van der Waals surface area (Å²) in [5.74, 6) is -0.113. The van der Waals surface area contributed by atoms with E-state index in [4.69, 9.17) is 22.1 Å². The van der Waals surface area contributed by atoms with Crippen molar-refractivity contribution in [3.63, 3.8) is 0 Å². The maximum atomic E-state index is 12.5. The van der Waals surface area contributed by atoms with Gasteiger partial charge in [0.25, 0.3) is 5.91 Å². The van der Waals surface area contributed by atoms with Crippen LogP contribution in [0.1, 0.15) is 16.8 Å². The molecule has 0 unspecified atom stereocenters. The predicted octanol–water partition coefficient (Wildman–Crippen LogP) is 3.92. The van der Waals surface area contributed by atoms with E-state index in [1.807, 2.05) is 19.0 Å². The van der Waals surface area contributed by atoms with Gasteiger partial charge in [-0.2, -0.15) is 0 Å². The van der Waals surface area contributed by atoms with Gasteiger partial charge in [0.1, 0.15) is 5.75 Å². The molecule has 4 N–H and O–H groups in total. The number of hydrogen-bond donors (Lipinski definition) is 3. The molecule has 0 spiro atoms. The van der Waals surface area contributed by atoms with E-state index in [9.17, 15) is 9.59 Å². The second-order valence-electron chi connectivity index (χ2n) is 6.21. The first-order valence-electron chi connectivity index (χ1n) is 8.29. The molecule has 29 heavy (non-hydrogen) atoms. The minimum atomic E-state index is -0.378. The second-order valence-corrected chi connectivity index (χ2v) is 6.61. The molecule has 2 aromatic carbocycles. The van der Waals surface area contributed by atoms with E-state index in [0.29, 0.717) is 35.8 Å². The number of halogens is 3. The highest BCUT2D eigenvalue weighted by Gasteiger charge is 2.15. The van der Waals surface area contributed by atoms with Gasteiger partial charge in [-0.15, -0.1) is 24.8 Å². The number of benzene rings is 2. The van der Waals surface area contributed by atoms with Crippen LogP contribution >= 0.6 is 36.4 Å². The van der Waals surface area contributed by atoms with Gasteiger partial charge >= 0.3 is 0 Å². The molecule has 10 heteroatoms. The molecule has 0 atom stereocenters. The zero-order valence-electron chi connectivity index (χ0n) is 16.3. The summed E-state index contributed by atoms with van der Waals surface area (Å²) in [5.41, 5.74) is 7.57. The Morgan fingerprint density at radius 3 is 2.14 bits per heavy atom. The fraction of sp³-hybridized carbons (Fsp3) is 0.263. The maximum absolute atomic E-state index is 12.5. The molecule has 0 bridgehead atoms. The summed E-state index contributed by atoms with van der Waals surface area (Å²) in [4.78, 5) is 26.3. The molecule has 2 amide bonds. The number of nitrogen functional groups attached to an aromatic ring is 1. The van der Waals surface area contributed by atoms with E-state index in [0.717, 1.165) is 0 Å². The van der Waals surface area contributed by atoms with Crippen molar-refractivity contribution in [3.05, 3.63) is 47.0 Å². The number of ether oxygens (including phenoxy) is 1. The Morgan fingerprint density at radius 2 is 1.62 bits per heavy atom. The number of nitrogens with one attached hydrogen (secondary N) is 2. The highest BCUT2D eigenvalue weighted by atomic mass is 35.5. The molecule has 7 nitrogen and oxygen atoms in total. The lowest BCUT2D eigenvalue weighted by Crippen LogP contribution is -2.20. The molecule has 0 aliphatic heterocycles. The van der Waals surface area contributed by atoms with Gasteiger partial charge in [0, 0.05) is 30.4 Å². The van der Waals surface area contributed by atoms with Crippen molar-refractivity contribution >= 4 is 65.3 Å². The fourth-order valence-corrected chi connectivity index (χ4v) is 2.46. The largest absolute Gasteiger partial charge is 0.496 e. The molecular weight excluding hydrogens is 439 g/mol. The zero-order chi connectivity index (χ0) is 20.0. The lowest BCUT2D eigenvalue weighted by molar-refractivity contribution is -0.116. The quantitative estimate of drug-likeness (QED) is 0.541. The van der Waals surface area contributed by atoms with E-state index in [1.54, 1.807) is 24.3 Å². The summed E-state index contributed by atoms with van der Waals surface area (Å²) in [6, 6.07) is 9.80. The average Bonchev–Trinajstić information content (AvgIpc) is 2.63. The Morgan fingerprint density at radius 1 is 1.07 bits per heavy atom. The number of nitrogens with zero attached hydrogens (tertiary/aromatic N) is 1. The number of carbonyl (C=O) groups excluding carboxylic acids is 2. The third kappa shape index (κ3) is 7.98. The summed E-state index contributed by atoms with van der Waals surface area (Å²) in [5, 5.41) is 5.85. The first-order chi connectivity index (χ1) is 12.8. The Balaban J connectivity index is 0.00000392. The van der Waals surface area contributed by atoms with Crippen molar-refractivity contribution in [1.29, 1.82) is 0 Å². The normalized spacial score (nSPS) is 9.83. The number of methoxy groups -OCH3 is 1. The Bertz CT molecular complexity index is 830. The van der Waals surface area contributed by atoms with E-state index < -0.39 is 0 Å². The summed E-state index contributed by atoms with van der Waals surface area (Å²) in [7, 11) is 5.27. The van der Waals surface area contributed by atoms with Crippen LogP contribution in [-0.4, -0.2) is 44.5 Å². The van der Waals surface area contributed by atoms with Gasteiger partial charge in [0.15, 0.2) is 0 Å². The van der Waals surface area contributed by atoms with Crippen LogP contribution in [0, 0.1) is 0 Å². The fourth-order valence-electron chi connectivity index (χ4n) is 2.30. The first kappa shape index (κ1) is 26.8. The smallest absolute Gasteiger partial charge is 0.259 e. The number of amides is 2. The average molecular weight is 464 g/mol. The summed E-state index contributed by atoms with van der Waals surface area (Å²) in [6.45, 7) is 0.673. The Kier molecular flexibility index (Phi) is 11.5. The van der Waals surface area contributed by atoms with Crippen LogP contribution in [0.4, 0.5) is 17.1 Å². The molecule has 2 aromatic rings. The van der Waals surface area contributed by atoms with Gasteiger partial charge in [-0.3, -0.25) is 9.59 Å². The second kappa shape index (κ2) is 12.4. The molecule has 0 aromatic heterocycles. The van der Waals surface area contributed by atoms with Crippen LogP contribution in [0.25, 0.3) is 0 Å². The van der Waals surface area contributed by atoms with Gasteiger partial charge in [-0.25, -0.2) is 0 Å². The van der Waals surface area contributed by atoms with E-state index in [1.165, 1.54) is 19.2 Å². The minimum Gasteiger partial charge on any atom is -0.496 e. The van der Waals surface area contributed by atoms with Crippen LogP contribution in [-0.2, 0) is 4.79 Å². The van der Waals surface area contributed by atoms with Crippen molar-refractivity contribution in [2.24, 2.45) is 0 Å². The van der Waals surface area contributed by atoms with Crippen LogP contribution in [0.15, 0.2) is 36.4 Å². The van der Waals surface area contributed by atoms with Crippen molar-refractivity contribution < 1.29 is 14.3 Å². The Hall–Kier alpha value is -2.19. The zero-order valence-corrected chi connectivity index (χ0v) is 18.7. The van der Waals surface area contributed by atoms with Gasteiger partial charge in [0.05, 0.1) is 23.4 Å². The molecule has 0 fully saturated rings. The van der Waals surface area contributed by atoms with Crippen molar-refractivity contribution in [3.8, 4) is 5.75 Å². The molecule has 0 heterocycles. The van der Waals surface area contributed by atoms with Gasteiger partial charge in [-0.05, 0) is 44.4 Å². The number of rotatable bonds is 7. The molecule has 0 saturated carbocycles. The predicted molar refractivity (Wildman–Crippen MR) is 123 cm³/mol. The van der Waals surface area contributed by atoms with Crippen LogP contribution < -0.4 is 21.1 Å². The lowest BCUT2D eigenvalue weighted by Gasteiger charge is -2.12.